The molecule has 0 amide bonds. The molecular formula is C8H11FO4. The molecule has 0 aliphatic carbocycles. The summed E-state index contributed by atoms with van der Waals surface area (Å²) in [5, 5.41) is 0. The van der Waals surface area contributed by atoms with Gasteiger partial charge >= 0.3 is 11.9 Å². The van der Waals surface area contributed by atoms with Crippen molar-refractivity contribution in [3.05, 3.63) is 12.2 Å². The number of halogens is 1. The summed E-state index contributed by atoms with van der Waals surface area (Å²) in [6, 6.07) is 0. The van der Waals surface area contributed by atoms with Crippen molar-refractivity contribution in [2.75, 3.05) is 0 Å². The maximum Gasteiger partial charge on any atom is 0.375 e. The summed E-state index contributed by atoms with van der Waals surface area (Å²) in [7, 11) is 0. The van der Waals surface area contributed by atoms with Crippen LogP contribution in [0.4, 0.5) is 4.53 Å². The molecule has 0 radical (unpaired) electrons. The van der Waals surface area contributed by atoms with Crippen LogP contribution in [-0.4, -0.2) is 18.0 Å². The zero-order valence-corrected chi connectivity index (χ0v) is 7.50. The molecule has 0 aromatic rings. The molecule has 0 aliphatic heterocycles. The van der Waals surface area contributed by atoms with Gasteiger partial charge in [-0.2, -0.15) is 0 Å². The fourth-order valence-electron chi connectivity index (χ4n) is 0.606. The van der Waals surface area contributed by atoms with Crippen LogP contribution in [0, 0.1) is 0 Å². The first-order chi connectivity index (χ1) is 5.97. The lowest BCUT2D eigenvalue weighted by atomic mass is 10.2. The first-order valence-electron chi connectivity index (χ1n) is 3.67. The van der Waals surface area contributed by atoms with Gasteiger partial charge in [0.05, 0.1) is 12.5 Å². The van der Waals surface area contributed by atoms with Gasteiger partial charge in [0.1, 0.15) is 0 Å². The van der Waals surface area contributed by atoms with Crippen LogP contribution in [0.15, 0.2) is 12.2 Å². The van der Waals surface area contributed by atoms with E-state index in [2.05, 4.69) is 16.3 Å². The number of carbonyl (C=O) groups excluding carboxylic acids is 2. The van der Waals surface area contributed by atoms with Crippen molar-refractivity contribution >= 4 is 11.9 Å². The Balaban J connectivity index is 3.92. The molecular weight excluding hydrogens is 179 g/mol. The van der Waals surface area contributed by atoms with Gasteiger partial charge in [-0.3, -0.25) is 4.79 Å². The molecule has 0 fully saturated rings. The second kappa shape index (κ2) is 5.29. The molecule has 0 aromatic carbocycles. The lowest BCUT2D eigenvalue weighted by Crippen LogP contribution is -2.14. The number of esters is 1. The Labute approximate surface area is 75.2 Å². The fraction of sp³-hybridized carbons (Fsp3) is 0.500. The van der Waals surface area contributed by atoms with E-state index in [-0.39, 0.29) is 18.1 Å². The summed E-state index contributed by atoms with van der Waals surface area (Å²) in [6.07, 6.45) is -0.636. The van der Waals surface area contributed by atoms with Crippen LogP contribution in [0.1, 0.15) is 20.3 Å². The lowest BCUT2D eigenvalue weighted by Gasteiger charge is -2.07. The van der Waals surface area contributed by atoms with Gasteiger partial charge < -0.3 is 4.74 Å². The van der Waals surface area contributed by atoms with Gasteiger partial charge in [-0.05, 0) is 13.8 Å². The predicted molar refractivity (Wildman–Crippen MR) is 42.2 cm³/mol. The van der Waals surface area contributed by atoms with Crippen molar-refractivity contribution in [1.82, 2.24) is 0 Å². The average molecular weight is 190 g/mol. The van der Waals surface area contributed by atoms with Gasteiger partial charge in [0.25, 0.3) is 0 Å². The van der Waals surface area contributed by atoms with Gasteiger partial charge in [0.15, 0.2) is 0 Å². The molecule has 74 valence electrons. The minimum absolute atomic E-state index is 0.270. The Morgan fingerprint density at radius 2 is 2.00 bits per heavy atom. The topological polar surface area (TPSA) is 52.6 Å². The van der Waals surface area contributed by atoms with Crippen LogP contribution < -0.4 is 0 Å². The first-order valence-corrected chi connectivity index (χ1v) is 3.67. The lowest BCUT2D eigenvalue weighted by molar-refractivity contribution is -0.179. The van der Waals surface area contributed by atoms with Crippen LogP contribution >= 0.6 is 0 Å². The predicted octanol–water partition coefficient (Wildman–Crippen LogP) is 1.31. The molecule has 0 atom stereocenters. The summed E-state index contributed by atoms with van der Waals surface area (Å²) in [5.41, 5.74) is -0.270. The third-order valence-electron chi connectivity index (χ3n) is 1.08. The molecule has 0 N–H and O–H groups in total. The first kappa shape index (κ1) is 11.6. The zero-order chi connectivity index (χ0) is 10.4. The maximum absolute atomic E-state index is 11.3. The van der Waals surface area contributed by atoms with Crippen LogP contribution in [0.5, 0.6) is 0 Å². The Morgan fingerprint density at radius 1 is 1.46 bits per heavy atom. The van der Waals surface area contributed by atoms with Crippen molar-refractivity contribution < 1.29 is 23.8 Å². The fourth-order valence-corrected chi connectivity index (χ4v) is 0.606. The van der Waals surface area contributed by atoms with E-state index in [1.54, 1.807) is 13.8 Å². The van der Waals surface area contributed by atoms with Crippen LogP contribution in [0.25, 0.3) is 0 Å². The summed E-state index contributed by atoms with van der Waals surface area (Å²) >= 11 is 0. The number of ether oxygens (including phenoxy) is 1. The molecule has 0 rings (SSSR count). The summed E-state index contributed by atoms with van der Waals surface area (Å²) < 4.78 is 16.0. The van der Waals surface area contributed by atoms with E-state index in [9.17, 15) is 14.1 Å². The highest BCUT2D eigenvalue weighted by Gasteiger charge is 2.15. The van der Waals surface area contributed by atoms with Crippen molar-refractivity contribution in [3.63, 3.8) is 0 Å². The Morgan fingerprint density at radius 3 is 2.38 bits per heavy atom. The molecule has 0 aliphatic rings. The number of hydrogen-bond acceptors (Lipinski definition) is 4. The molecule has 0 heterocycles. The highest BCUT2D eigenvalue weighted by Crippen LogP contribution is 2.04. The van der Waals surface area contributed by atoms with Gasteiger partial charge in [-0.15, -0.1) is 0 Å². The molecule has 0 saturated carbocycles. The monoisotopic (exact) mass is 190 g/mol. The minimum atomic E-state index is -1.25. The van der Waals surface area contributed by atoms with Crippen molar-refractivity contribution in [2.24, 2.45) is 0 Å². The molecule has 5 heteroatoms. The summed E-state index contributed by atoms with van der Waals surface area (Å²) in [6.45, 7) is 6.48. The molecule has 4 nitrogen and oxygen atoms in total. The highest BCUT2D eigenvalue weighted by atomic mass is 19.3. The number of carbonyl (C=O) groups is 2. The van der Waals surface area contributed by atoms with Crippen molar-refractivity contribution in [1.29, 1.82) is 0 Å². The van der Waals surface area contributed by atoms with Gasteiger partial charge in [-0.1, -0.05) is 6.58 Å². The minimum Gasteiger partial charge on any atom is -0.463 e. The van der Waals surface area contributed by atoms with E-state index < -0.39 is 11.9 Å². The highest BCUT2D eigenvalue weighted by molar-refractivity contribution is 5.92. The largest absolute Gasteiger partial charge is 0.463 e. The van der Waals surface area contributed by atoms with Gasteiger partial charge in [-0.25, -0.2) is 9.74 Å². The van der Waals surface area contributed by atoms with Crippen LogP contribution in [-0.2, 0) is 19.3 Å². The molecule has 13 heavy (non-hydrogen) atoms. The van der Waals surface area contributed by atoms with E-state index in [1.165, 1.54) is 0 Å². The molecule has 0 spiro atoms. The maximum atomic E-state index is 11.3. The Bertz CT molecular complexity index is 222. The summed E-state index contributed by atoms with van der Waals surface area (Å²) in [5.74, 6) is -1.88. The van der Waals surface area contributed by atoms with E-state index in [4.69, 9.17) is 0 Å². The van der Waals surface area contributed by atoms with Gasteiger partial charge in [0, 0.05) is 10.1 Å². The van der Waals surface area contributed by atoms with Crippen LogP contribution in [0.3, 0.4) is 0 Å². The van der Waals surface area contributed by atoms with E-state index >= 15 is 0 Å². The third-order valence-corrected chi connectivity index (χ3v) is 1.08. The Kier molecular flexibility index (Phi) is 4.72. The average Bonchev–Trinajstić information content (AvgIpc) is 2.01. The second-order valence-corrected chi connectivity index (χ2v) is 2.68. The summed E-state index contributed by atoms with van der Waals surface area (Å²) in [4.78, 5) is 24.2. The Hall–Kier alpha value is -1.39. The molecule has 0 bridgehead atoms. The van der Waals surface area contributed by atoms with E-state index in [0.717, 1.165) is 0 Å². The molecule has 0 saturated heterocycles. The SMILES string of the molecule is C=C(CC(=O)OC(C)C)C(=O)OF. The normalized spacial score (nSPS) is 9.54. The van der Waals surface area contributed by atoms with Crippen molar-refractivity contribution in [3.8, 4) is 0 Å². The zero-order valence-electron chi connectivity index (χ0n) is 7.50. The number of hydrogen-bond donors (Lipinski definition) is 0. The quantitative estimate of drug-likeness (QED) is 0.495. The smallest absolute Gasteiger partial charge is 0.375 e. The standard InChI is InChI=1S/C8H11FO4/c1-5(2)12-7(10)4-6(3)8(11)13-9/h5H,3-4H2,1-2H3. The second-order valence-electron chi connectivity index (χ2n) is 2.68. The number of rotatable bonds is 4. The van der Waals surface area contributed by atoms with Gasteiger partial charge in [0.2, 0.25) is 0 Å². The molecule has 0 unspecified atom stereocenters. The van der Waals surface area contributed by atoms with Crippen molar-refractivity contribution in [2.45, 2.75) is 26.4 Å². The van der Waals surface area contributed by atoms with E-state index in [1.807, 2.05) is 0 Å². The van der Waals surface area contributed by atoms with E-state index in [0.29, 0.717) is 0 Å². The third kappa shape index (κ3) is 4.95. The molecule has 0 aromatic heterocycles. The van der Waals surface area contributed by atoms with Crippen LogP contribution in [0.2, 0.25) is 0 Å².